The van der Waals surface area contributed by atoms with Crippen molar-refractivity contribution >= 4 is 5.97 Å². The van der Waals surface area contributed by atoms with Crippen LogP contribution in [0.25, 0.3) is 0 Å². The SMILES string of the molecule is CCOC(C1CC(C)C2C(O1)C(O)C1(C)C3CCC4C(C)(C)C(OC(=O)C5CCCN5)CCC45CC35CCC21C)C(C)(C)O. The first kappa shape index (κ1) is 31.8. The summed E-state index contributed by atoms with van der Waals surface area (Å²) in [5.74, 6) is 1.64. The van der Waals surface area contributed by atoms with Crippen LogP contribution < -0.4 is 5.32 Å². The third-order valence-electron chi connectivity index (χ3n) is 15.7. The van der Waals surface area contributed by atoms with E-state index in [4.69, 9.17) is 14.2 Å². The molecule has 0 radical (unpaired) electrons. The highest BCUT2D eigenvalue weighted by Gasteiger charge is 2.84. The van der Waals surface area contributed by atoms with Crippen LogP contribution in [0.1, 0.15) is 120 Å². The largest absolute Gasteiger partial charge is 0.461 e. The molecule has 7 rings (SSSR count). The van der Waals surface area contributed by atoms with Crippen LogP contribution in [-0.4, -0.2) is 71.5 Å². The summed E-state index contributed by atoms with van der Waals surface area (Å²) in [7, 11) is 0. The van der Waals surface area contributed by atoms with Crippen molar-refractivity contribution in [1.82, 2.24) is 5.32 Å². The number of nitrogens with one attached hydrogen (secondary N) is 1. The molecule has 2 saturated heterocycles. The molecule has 2 heterocycles. The average molecular weight is 616 g/mol. The fourth-order valence-corrected chi connectivity index (χ4v) is 13.8. The quantitative estimate of drug-likeness (QED) is 0.333. The van der Waals surface area contributed by atoms with Gasteiger partial charge in [0.25, 0.3) is 0 Å². The Labute approximate surface area is 265 Å². The summed E-state index contributed by atoms with van der Waals surface area (Å²) < 4.78 is 19.3. The summed E-state index contributed by atoms with van der Waals surface area (Å²) in [4.78, 5) is 13.1. The summed E-state index contributed by atoms with van der Waals surface area (Å²) in [6.45, 7) is 19.1. The van der Waals surface area contributed by atoms with Gasteiger partial charge in [-0.1, -0.05) is 34.6 Å². The normalized spacial score (nSPS) is 53.0. The van der Waals surface area contributed by atoms with Crippen LogP contribution >= 0.6 is 0 Å². The van der Waals surface area contributed by atoms with Crippen molar-refractivity contribution < 1.29 is 29.2 Å². The lowest BCUT2D eigenvalue weighted by molar-refractivity contribution is -0.215. The van der Waals surface area contributed by atoms with Crippen molar-refractivity contribution in [3.8, 4) is 0 Å². The van der Waals surface area contributed by atoms with E-state index in [0.717, 1.165) is 57.9 Å². The van der Waals surface area contributed by atoms with Gasteiger partial charge in [-0.05, 0) is 131 Å². The number of hydrogen-bond donors (Lipinski definition) is 3. The minimum atomic E-state index is -1.02. The molecule has 7 nitrogen and oxygen atoms in total. The zero-order valence-electron chi connectivity index (χ0n) is 28.8. The molecular weight excluding hydrogens is 554 g/mol. The predicted molar refractivity (Wildman–Crippen MR) is 169 cm³/mol. The van der Waals surface area contributed by atoms with Gasteiger partial charge in [0.15, 0.2) is 0 Å². The molecule has 14 atom stereocenters. The van der Waals surface area contributed by atoms with Crippen molar-refractivity contribution in [2.24, 2.45) is 50.7 Å². The molecule has 0 bridgehead atoms. The Balaban J connectivity index is 1.15. The molecule has 7 heteroatoms. The molecule has 14 unspecified atom stereocenters. The first-order valence-electron chi connectivity index (χ1n) is 18.2. The van der Waals surface area contributed by atoms with E-state index in [1.165, 1.54) is 12.8 Å². The Morgan fingerprint density at radius 3 is 2.41 bits per heavy atom. The van der Waals surface area contributed by atoms with Crippen LogP contribution in [0.3, 0.4) is 0 Å². The molecular formula is C37H61NO6. The van der Waals surface area contributed by atoms with E-state index < -0.39 is 17.8 Å². The van der Waals surface area contributed by atoms with E-state index in [1.54, 1.807) is 0 Å². The summed E-state index contributed by atoms with van der Waals surface area (Å²) in [5, 5.41) is 26.9. The Bertz CT molecular complexity index is 1150. The number of carbonyl (C=O) groups excluding carboxylic acids is 1. The van der Waals surface area contributed by atoms with Gasteiger partial charge < -0.3 is 29.7 Å². The van der Waals surface area contributed by atoms with Gasteiger partial charge in [0.1, 0.15) is 18.2 Å². The lowest BCUT2D eigenvalue weighted by Gasteiger charge is -2.63. The van der Waals surface area contributed by atoms with Gasteiger partial charge in [-0.2, -0.15) is 0 Å². The van der Waals surface area contributed by atoms with Crippen molar-refractivity contribution in [1.29, 1.82) is 0 Å². The van der Waals surface area contributed by atoms with Gasteiger partial charge in [0.05, 0.1) is 23.9 Å². The second-order valence-electron chi connectivity index (χ2n) is 18.2. The lowest BCUT2D eigenvalue weighted by atomic mass is 9.41. The lowest BCUT2D eigenvalue weighted by Crippen LogP contribution is -2.60. The molecule has 2 aliphatic heterocycles. The summed E-state index contributed by atoms with van der Waals surface area (Å²) in [6, 6.07) is -0.135. The topological polar surface area (TPSA) is 97.3 Å². The summed E-state index contributed by atoms with van der Waals surface area (Å²) in [6.07, 6.45) is 9.35. The number of hydrogen-bond acceptors (Lipinski definition) is 7. The maximum absolute atomic E-state index is 13.1. The predicted octanol–water partition coefficient (Wildman–Crippen LogP) is 5.64. The molecule has 5 saturated carbocycles. The first-order chi connectivity index (χ1) is 20.6. The van der Waals surface area contributed by atoms with E-state index in [9.17, 15) is 15.0 Å². The van der Waals surface area contributed by atoms with Crippen molar-refractivity contribution in [3.63, 3.8) is 0 Å². The van der Waals surface area contributed by atoms with E-state index in [2.05, 4.69) is 39.9 Å². The maximum Gasteiger partial charge on any atom is 0.323 e. The van der Waals surface area contributed by atoms with Crippen LogP contribution in [0, 0.1) is 50.7 Å². The number of ether oxygens (including phenoxy) is 3. The zero-order valence-corrected chi connectivity index (χ0v) is 28.8. The van der Waals surface area contributed by atoms with Crippen LogP contribution in [-0.2, 0) is 19.0 Å². The number of aliphatic hydroxyl groups excluding tert-OH is 1. The molecule has 0 aromatic rings. The van der Waals surface area contributed by atoms with E-state index >= 15 is 0 Å². The standard InChI is InChI=1S/C37H61NO6/c1-9-42-30(33(5,6)41)23-19-21(2)27-28(43-23)29(39)35(8)25-13-12-24-32(3,4)26(44-31(40)22-11-10-18-38-22)14-15-36(24)20-37(25,36)17-16-34(27,35)7/h21-30,38-39,41H,9-20H2,1-8H3. The molecule has 0 amide bonds. The Morgan fingerprint density at radius 2 is 1.75 bits per heavy atom. The zero-order chi connectivity index (χ0) is 31.7. The highest BCUT2D eigenvalue weighted by molar-refractivity contribution is 5.76. The van der Waals surface area contributed by atoms with Crippen LogP contribution in [0.2, 0.25) is 0 Å². The number of aliphatic hydroxyl groups is 2. The number of esters is 1. The molecule has 44 heavy (non-hydrogen) atoms. The van der Waals surface area contributed by atoms with E-state index in [-0.39, 0.29) is 52.0 Å². The van der Waals surface area contributed by atoms with Gasteiger partial charge in [-0.15, -0.1) is 0 Å². The second-order valence-corrected chi connectivity index (χ2v) is 18.2. The second kappa shape index (κ2) is 10.1. The third kappa shape index (κ3) is 4.00. The number of carbonyl (C=O) groups is 1. The van der Waals surface area contributed by atoms with Gasteiger partial charge in [0.2, 0.25) is 0 Å². The molecule has 0 aromatic heterocycles. The van der Waals surface area contributed by atoms with Gasteiger partial charge in [-0.3, -0.25) is 4.79 Å². The van der Waals surface area contributed by atoms with Gasteiger partial charge in [0, 0.05) is 17.4 Å². The molecule has 7 fully saturated rings. The Kier molecular flexibility index (Phi) is 7.34. The third-order valence-corrected chi connectivity index (χ3v) is 15.7. The van der Waals surface area contributed by atoms with Crippen molar-refractivity contribution in [2.45, 2.75) is 162 Å². The van der Waals surface area contributed by atoms with Crippen molar-refractivity contribution in [2.75, 3.05) is 13.2 Å². The highest BCUT2D eigenvalue weighted by atomic mass is 16.6. The fraction of sp³-hybridized carbons (Fsp3) is 0.973. The highest BCUT2D eigenvalue weighted by Crippen LogP contribution is 2.89. The Hall–Kier alpha value is -0.730. The molecule has 7 aliphatic rings. The monoisotopic (exact) mass is 615 g/mol. The number of fused-ring (bicyclic) bond motifs is 4. The van der Waals surface area contributed by atoms with Crippen molar-refractivity contribution in [3.05, 3.63) is 0 Å². The smallest absolute Gasteiger partial charge is 0.323 e. The minimum absolute atomic E-state index is 0.000375. The summed E-state index contributed by atoms with van der Waals surface area (Å²) in [5.41, 5.74) is -0.742. The van der Waals surface area contributed by atoms with Crippen LogP contribution in [0.15, 0.2) is 0 Å². The minimum Gasteiger partial charge on any atom is -0.461 e. The van der Waals surface area contributed by atoms with Crippen LogP contribution in [0.4, 0.5) is 0 Å². The van der Waals surface area contributed by atoms with E-state index in [0.29, 0.717) is 35.7 Å². The molecule has 3 N–H and O–H groups in total. The average Bonchev–Trinajstić information content (AvgIpc) is 3.21. The Morgan fingerprint density at radius 1 is 1.05 bits per heavy atom. The van der Waals surface area contributed by atoms with Gasteiger partial charge >= 0.3 is 5.97 Å². The molecule has 250 valence electrons. The summed E-state index contributed by atoms with van der Waals surface area (Å²) >= 11 is 0. The molecule has 2 spiro atoms. The number of rotatable bonds is 6. The van der Waals surface area contributed by atoms with Gasteiger partial charge in [-0.25, -0.2) is 0 Å². The first-order valence-corrected chi connectivity index (χ1v) is 18.2. The fourth-order valence-electron chi connectivity index (χ4n) is 13.8. The maximum atomic E-state index is 13.1. The molecule has 0 aromatic carbocycles. The van der Waals surface area contributed by atoms with E-state index in [1.807, 2.05) is 20.8 Å². The van der Waals surface area contributed by atoms with Crippen LogP contribution in [0.5, 0.6) is 0 Å². The molecule has 5 aliphatic carbocycles.